The van der Waals surface area contributed by atoms with Gasteiger partial charge in [0, 0.05) is 12.3 Å². The maximum Gasteiger partial charge on any atom is 0.144 e. The summed E-state index contributed by atoms with van der Waals surface area (Å²) in [4.78, 5) is 3.66. The van der Waals surface area contributed by atoms with Crippen molar-refractivity contribution in [3.05, 3.63) is 29.0 Å². The molecule has 0 saturated carbocycles. The van der Waals surface area contributed by atoms with Crippen LogP contribution >= 0.6 is 11.6 Å². The molecule has 0 aliphatic heterocycles. The lowest BCUT2D eigenvalue weighted by Crippen LogP contribution is -1.87. The summed E-state index contributed by atoms with van der Waals surface area (Å²) in [6.45, 7) is 0. The molecule has 0 atom stereocenters. The summed E-state index contributed by atoms with van der Waals surface area (Å²) in [5.41, 5.74) is 0.543. The van der Waals surface area contributed by atoms with Crippen molar-refractivity contribution in [3.8, 4) is 0 Å². The van der Waals surface area contributed by atoms with E-state index in [2.05, 4.69) is 11.1 Å². The summed E-state index contributed by atoms with van der Waals surface area (Å²) in [7, 11) is -2.41. The van der Waals surface area contributed by atoms with Crippen LogP contribution in [0.2, 0.25) is 5.15 Å². The van der Waals surface area contributed by atoms with Crippen LogP contribution in [0, 0.1) is 6.07 Å². The first kappa shape index (κ1) is 8.49. The lowest BCUT2D eigenvalue weighted by molar-refractivity contribution is 0.614. The van der Waals surface area contributed by atoms with Crippen LogP contribution in [0.4, 0.5) is 0 Å². The highest BCUT2D eigenvalue weighted by Gasteiger charge is 1.95. The highest BCUT2D eigenvalue weighted by atomic mass is 35.5. The van der Waals surface area contributed by atoms with Crippen molar-refractivity contribution < 1.29 is 8.42 Å². The van der Waals surface area contributed by atoms with Crippen molar-refractivity contribution in [2.45, 2.75) is 5.75 Å². The Bertz CT molecular complexity index is 316. The molecule has 0 aromatic carbocycles. The second-order valence-corrected chi connectivity index (χ2v) is 3.22. The lowest BCUT2D eigenvalue weighted by atomic mass is 10.3. The van der Waals surface area contributed by atoms with Crippen molar-refractivity contribution in [1.29, 1.82) is 0 Å². The Hall–Kier alpha value is -0.610. The largest absolute Gasteiger partial charge is 0.244 e. The fourth-order valence-electron chi connectivity index (χ4n) is 0.630. The van der Waals surface area contributed by atoms with E-state index in [9.17, 15) is 8.42 Å². The third-order valence-electron chi connectivity index (χ3n) is 1.03. The van der Waals surface area contributed by atoms with Crippen LogP contribution in [0.15, 0.2) is 12.3 Å². The van der Waals surface area contributed by atoms with Gasteiger partial charge in [0.05, 0.1) is 5.75 Å². The monoisotopic (exact) mass is 190 g/mol. The van der Waals surface area contributed by atoms with Gasteiger partial charge in [-0.1, -0.05) is 11.6 Å². The smallest absolute Gasteiger partial charge is 0.144 e. The average Bonchev–Trinajstić information content (AvgIpc) is 1.85. The zero-order chi connectivity index (χ0) is 8.27. The predicted molar refractivity (Wildman–Crippen MR) is 42.1 cm³/mol. The van der Waals surface area contributed by atoms with Crippen LogP contribution < -0.4 is 0 Å². The lowest BCUT2D eigenvalue weighted by Gasteiger charge is -1.92. The van der Waals surface area contributed by atoms with Crippen molar-refractivity contribution in [2.75, 3.05) is 0 Å². The molecule has 0 spiro atoms. The highest BCUT2D eigenvalue weighted by Crippen LogP contribution is 2.05. The summed E-state index contributed by atoms with van der Waals surface area (Å²) >= 11 is 5.46. The Morgan fingerprint density at radius 2 is 2.36 bits per heavy atom. The van der Waals surface area contributed by atoms with Gasteiger partial charge in [-0.05, 0) is 11.6 Å². The molecule has 5 heteroatoms. The minimum Gasteiger partial charge on any atom is -0.244 e. The Balaban J connectivity index is 2.87. The molecule has 11 heavy (non-hydrogen) atoms. The SMILES string of the molecule is O=[SH](=O)Cc1[c]c(Cl)ncc1. The third-order valence-corrected chi connectivity index (χ3v) is 1.82. The number of aromatic nitrogens is 1. The molecule has 0 fully saturated rings. The molecule has 0 N–H and O–H groups in total. The molecule has 0 bridgehead atoms. The van der Waals surface area contributed by atoms with Crippen molar-refractivity contribution in [2.24, 2.45) is 0 Å². The second-order valence-electron chi connectivity index (χ2n) is 1.88. The van der Waals surface area contributed by atoms with Crippen molar-refractivity contribution in [1.82, 2.24) is 4.98 Å². The maximum atomic E-state index is 10.2. The number of thiol groups is 1. The molecule has 59 valence electrons. The van der Waals surface area contributed by atoms with Gasteiger partial charge in [0.25, 0.3) is 0 Å². The summed E-state index contributed by atoms with van der Waals surface area (Å²) < 4.78 is 20.5. The Morgan fingerprint density at radius 1 is 1.64 bits per heavy atom. The molecule has 0 amide bonds. The molecular weight excluding hydrogens is 186 g/mol. The zero-order valence-corrected chi connectivity index (χ0v) is 7.10. The van der Waals surface area contributed by atoms with Crippen molar-refractivity contribution in [3.63, 3.8) is 0 Å². The molecule has 1 rings (SSSR count). The van der Waals surface area contributed by atoms with Gasteiger partial charge >= 0.3 is 0 Å². The van der Waals surface area contributed by atoms with E-state index in [0.717, 1.165) is 0 Å². The molecule has 0 saturated heterocycles. The molecule has 0 aliphatic carbocycles. The fourth-order valence-corrected chi connectivity index (χ4v) is 1.27. The number of pyridine rings is 1. The van der Waals surface area contributed by atoms with E-state index in [0.29, 0.717) is 5.56 Å². The van der Waals surface area contributed by atoms with Crippen molar-refractivity contribution >= 4 is 22.3 Å². The van der Waals surface area contributed by atoms with E-state index >= 15 is 0 Å². The Labute approximate surface area is 71.0 Å². The second kappa shape index (κ2) is 3.69. The van der Waals surface area contributed by atoms with Crippen LogP contribution in [-0.4, -0.2) is 13.4 Å². The number of nitrogens with zero attached hydrogens (tertiary/aromatic N) is 1. The molecule has 1 aromatic rings. The van der Waals surface area contributed by atoms with Gasteiger partial charge in [0.2, 0.25) is 0 Å². The van der Waals surface area contributed by atoms with E-state index in [1.807, 2.05) is 0 Å². The van der Waals surface area contributed by atoms with Crippen LogP contribution in [0.1, 0.15) is 5.56 Å². The van der Waals surface area contributed by atoms with Gasteiger partial charge in [-0.2, -0.15) is 0 Å². The topological polar surface area (TPSA) is 47.0 Å². The van der Waals surface area contributed by atoms with E-state index in [1.165, 1.54) is 6.20 Å². The third kappa shape index (κ3) is 2.86. The predicted octanol–water partition coefficient (Wildman–Crippen LogP) is 0.647. The average molecular weight is 191 g/mol. The summed E-state index contributed by atoms with van der Waals surface area (Å²) in [5.74, 6) is -0.0302. The van der Waals surface area contributed by atoms with E-state index in [1.54, 1.807) is 6.07 Å². The molecule has 3 nitrogen and oxygen atoms in total. The molecular formula is C6H5ClNO2S. The molecule has 0 aliphatic rings. The fraction of sp³-hybridized carbons (Fsp3) is 0.167. The highest BCUT2D eigenvalue weighted by molar-refractivity contribution is 7.71. The van der Waals surface area contributed by atoms with Crippen LogP contribution in [-0.2, 0) is 16.5 Å². The molecule has 1 aromatic heterocycles. The first-order chi connectivity index (χ1) is 5.18. The van der Waals surface area contributed by atoms with E-state index in [-0.39, 0.29) is 10.9 Å². The van der Waals surface area contributed by atoms with E-state index < -0.39 is 10.7 Å². The maximum absolute atomic E-state index is 10.2. The number of hydrogen-bond acceptors (Lipinski definition) is 3. The Kier molecular flexibility index (Phi) is 2.84. The summed E-state index contributed by atoms with van der Waals surface area (Å²) in [6.07, 6.45) is 1.45. The number of hydrogen-bond donors (Lipinski definition) is 1. The van der Waals surface area contributed by atoms with Gasteiger partial charge in [-0.25, -0.2) is 13.4 Å². The Morgan fingerprint density at radius 3 is 2.91 bits per heavy atom. The van der Waals surface area contributed by atoms with Gasteiger partial charge in [-0.15, -0.1) is 0 Å². The van der Waals surface area contributed by atoms with Crippen LogP contribution in [0.3, 0.4) is 0 Å². The quantitative estimate of drug-likeness (QED) is 0.550. The summed E-state index contributed by atoms with van der Waals surface area (Å²) in [5, 5.41) is 0.194. The summed E-state index contributed by atoms with van der Waals surface area (Å²) in [6, 6.07) is 4.18. The van der Waals surface area contributed by atoms with Gasteiger partial charge in [-0.3, -0.25) is 0 Å². The first-order valence-electron chi connectivity index (χ1n) is 2.83. The van der Waals surface area contributed by atoms with Gasteiger partial charge in [0.15, 0.2) is 0 Å². The van der Waals surface area contributed by atoms with Crippen LogP contribution in [0.5, 0.6) is 0 Å². The molecule has 1 radical (unpaired) electrons. The standard InChI is InChI=1S/C6H5ClNO2S/c7-6-3-5(1-2-8-6)4-11(9)10/h1-2,11H,4H2. The minimum absolute atomic E-state index is 0.0302. The van der Waals surface area contributed by atoms with Gasteiger partial charge in [0.1, 0.15) is 15.9 Å². The molecule has 1 heterocycles. The van der Waals surface area contributed by atoms with Crippen LogP contribution in [0.25, 0.3) is 0 Å². The number of rotatable bonds is 2. The number of halogens is 1. The zero-order valence-electron chi connectivity index (χ0n) is 5.45. The van der Waals surface area contributed by atoms with Gasteiger partial charge < -0.3 is 0 Å². The van der Waals surface area contributed by atoms with E-state index in [4.69, 9.17) is 11.6 Å². The first-order valence-corrected chi connectivity index (χ1v) is 4.57. The molecule has 0 unspecified atom stereocenters. The minimum atomic E-state index is -2.41. The normalized spacial score (nSPS) is 10.4.